The highest BCUT2D eigenvalue weighted by Crippen LogP contribution is 2.22. The third-order valence-corrected chi connectivity index (χ3v) is 3.21. The van der Waals surface area contributed by atoms with Crippen molar-refractivity contribution in [2.75, 3.05) is 13.0 Å². The van der Waals surface area contributed by atoms with Crippen molar-refractivity contribution < 1.29 is 14.3 Å². The maximum absolute atomic E-state index is 11.4. The summed E-state index contributed by atoms with van der Waals surface area (Å²) in [5, 5.41) is 0. The molecule has 0 aromatic heterocycles. The SMILES string of the molecule is COC(=O)C(C)(Cl)C(=O)C(Br)CCl. The molecule has 0 amide bonds. The van der Waals surface area contributed by atoms with Crippen LogP contribution >= 0.6 is 39.1 Å². The Labute approximate surface area is 94.8 Å². The molecule has 13 heavy (non-hydrogen) atoms. The van der Waals surface area contributed by atoms with Gasteiger partial charge in [-0.2, -0.15) is 0 Å². The van der Waals surface area contributed by atoms with Crippen LogP contribution in [0.4, 0.5) is 0 Å². The lowest BCUT2D eigenvalue weighted by Gasteiger charge is -2.19. The van der Waals surface area contributed by atoms with Crippen LogP contribution in [-0.2, 0) is 14.3 Å². The van der Waals surface area contributed by atoms with Gasteiger partial charge >= 0.3 is 5.97 Å². The molecule has 0 saturated carbocycles. The molecule has 0 aliphatic carbocycles. The van der Waals surface area contributed by atoms with Crippen LogP contribution in [0.2, 0.25) is 0 Å². The first-order chi connectivity index (χ1) is 5.87. The largest absolute Gasteiger partial charge is 0.467 e. The summed E-state index contributed by atoms with van der Waals surface area (Å²) >= 11 is 14.1. The normalized spacial score (nSPS) is 17.3. The summed E-state index contributed by atoms with van der Waals surface area (Å²) in [4.78, 5) is 20.2. The van der Waals surface area contributed by atoms with E-state index in [0.717, 1.165) is 0 Å². The maximum Gasteiger partial charge on any atom is 0.334 e. The lowest BCUT2D eigenvalue weighted by atomic mass is 10.0. The van der Waals surface area contributed by atoms with Gasteiger partial charge in [-0.05, 0) is 6.92 Å². The van der Waals surface area contributed by atoms with Crippen molar-refractivity contribution in [3.63, 3.8) is 0 Å². The Hall–Kier alpha value is 0.200. The zero-order valence-electron chi connectivity index (χ0n) is 7.14. The summed E-state index contributed by atoms with van der Waals surface area (Å²) in [7, 11) is 1.17. The Morgan fingerprint density at radius 3 is 2.38 bits per heavy atom. The monoisotopic (exact) mass is 290 g/mol. The van der Waals surface area contributed by atoms with E-state index >= 15 is 0 Å². The quantitative estimate of drug-likeness (QED) is 0.450. The van der Waals surface area contributed by atoms with E-state index in [1.165, 1.54) is 14.0 Å². The zero-order chi connectivity index (χ0) is 10.6. The molecule has 0 saturated heterocycles. The van der Waals surface area contributed by atoms with Crippen molar-refractivity contribution in [1.29, 1.82) is 0 Å². The smallest absolute Gasteiger partial charge is 0.334 e. The molecule has 0 aliphatic rings. The summed E-state index contributed by atoms with van der Waals surface area (Å²) in [5.41, 5.74) is 0. The van der Waals surface area contributed by atoms with E-state index in [-0.39, 0.29) is 5.88 Å². The highest BCUT2D eigenvalue weighted by atomic mass is 79.9. The van der Waals surface area contributed by atoms with Gasteiger partial charge in [0.1, 0.15) is 0 Å². The van der Waals surface area contributed by atoms with Gasteiger partial charge < -0.3 is 4.74 Å². The van der Waals surface area contributed by atoms with E-state index in [0.29, 0.717) is 0 Å². The molecule has 0 rings (SSSR count). The van der Waals surface area contributed by atoms with Crippen molar-refractivity contribution >= 4 is 50.9 Å². The average molecular weight is 292 g/mol. The molecule has 0 bridgehead atoms. The predicted molar refractivity (Wildman–Crippen MR) is 54.7 cm³/mol. The third-order valence-electron chi connectivity index (χ3n) is 1.45. The van der Waals surface area contributed by atoms with Gasteiger partial charge in [0, 0.05) is 5.88 Å². The van der Waals surface area contributed by atoms with E-state index in [9.17, 15) is 9.59 Å². The second kappa shape index (κ2) is 5.17. The molecule has 76 valence electrons. The molecule has 0 N–H and O–H groups in total. The fourth-order valence-corrected chi connectivity index (χ4v) is 1.60. The van der Waals surface area contributed by atoms with Gasteiger partial charge in [-0.3, -0.25) is 4.79 Å². The Morgan fingerprint density at radius 1 is 1.62 bits per heavy atom. The molecule has 0 heterocycles. The molecule has 2 unspecified atom stereocenters. The molecule has 6 heteroatoms. The minimum Gasteiger partial charge on any atom is -0.467 e. The fraction of sp³-hybridized carbons (Fsp3) is 0.714. The maximum atomic E-state index is 11.4. The van der Waals surface area contributed by atoms with Crippen LogP contribution in [0, 0.1) is 0 Å². The minimum atomic E-state index is -1.67. The van der Waals surface area contributed by atoms with Crippen LogP contribution in [0.1, 0.15) is 6.92 Å². The lowest BCUT2D eigenvalue weighted by Crippen LogP contribution is -2.43. The number of carbonyl (C=O) groups is 2. The number of methoxy groups -OCH3 is 1. The van der Waals surface area contributed by atoms with E-state index in [1.54, 1.807) is 0 Å². The number of Topliss-reactive ketones (excluding diaryl/α,β-unsaturated/α-hetero) is 1. The Balaban J connectivity index is 4.63. The first-order valence-electron chi connectivity index (χ1n) is 3.39. The van der Waals surface area contributed by atoms with E-state index in [4.69, 9.17) is 23.2 Å². The molecule has 0 aromatic rings. The number of hydrogen-bond donors (Lipinski definition) is 0. The lowest BCUT2D eigenvalue weighted by molar-refractivity contribution is -0.146. The fourth-order valence-electron chi connectivity index (χ4n) is 0.656. The number of esters is 1. The molecule has 0 aliphatic heterocycles. The Bertz CT molecular complexity index is 218. The van der Waals surface area contributed by atoms with Crippen LogP contribution < -0.4 is 0 Å². The Kier molecular flexibility index (Phi) is 5.25. The second-order valence-corrected chi connectivity index (χ2v) is 4.65. The van der Waals surface area contributed by atoms with Gasteiger partial charge in [0.2, 0.25) is 0 Å². The van der Waals surface area contributed by atoms with E-state index < -0.39 is 21.5 Å². The minimum absolute atomic E-state index is 0.0537. The first-order valence-corrected chi connectivity index (χ1v) is 5.22. The first kappa shape index (κ1) is 13.2. The topological polar surface area (TPSA) is 43.4 Å². The molecule has 2 atom stereocenters. The number of hydrogen-bond acceptors (Lipinski definition) is 3. The van der Waals surface area contributed by atoms with Crippen molar-refractivity contribution in [3.8, 4) is 0 Å². The molecular weight excluding hydrogens is 283 g/mol. The number of ketones is 1. The van der Waals surface area contributed by atoms with Gasteiger partial charge in [0.05, 0.1) is 11.9 Å². The summed E-state index contributed by atoms with van der Waals surface area (Å²) < 4.78 is 4.38. The molecule has 0 radical (unpaired) electrons. The van der Waals surface area contributed by atoms with Gasteiger partial charge in [-0.15, -0.1) is 11.6 Å². The molecule has 0 fully saturated rings. The second-order valence-electron chi connectivity index (χ2n) is 2.48. The molecular formula is C7H9BrCl2O3. The standard InChI is InChI=1S/C7H9BrCl2O3/c1-7(10,6(12)13-2)5(11)4(8)3-9/h4H,3H2,1-2H3. The van der Waals surface area contributed by atoms with Crippen molar-refractivity contribution in [2.45, 2.75) is 16.6 Å². The van der Waals surface area contributed by atoms with Crippen LogP contribution in [0.3, 0.4) is 0 Å². The van der Waals surface area contributed by atoms with Crippen LogP contribution in [0.25, 0.3) is 0 Å². The summed E-state index contributed by atoms with van der Waals surface area (Å²) in [6.07, 6.45) is 0. The Morgan fingerprint density at radius 2 is 2.08 bits per heavy atom. The number of ether oxygens (including phenoxy) is 1. The van der Waals surface area contributed by atoms with Gasteiger partial charge in [-0.25, -0.2) is 4.79 Å². The summed E-state index contributed by atoms with van der Waals surface area (Å²) in [6, 6.07) is 0. The highest BCUT2D eigenvalue weighted by molar-refractivity contribution is 9.10. The van der Waals surface area contributed by atoms with Crippen molar-refractivity contribution in [3.05, 3.63) is 0 Å². The van der Waals surface area contributed by atoms with E-state index in [2.05, 4.69) is 20.7 Å². The summed E-state index contributed by atoms with van der Waals surface area (Å²) in [5.74, 6) is -1.23. The van der Waals surface area contributed by atoms with Crippen LogP contribution in [-0.4, -0.2) is 34.4 Å². The number of alkyl halides is 3. The zero-order valence-corrected chi connectivity index (χ0v) is 10.2. The van der Waals surface area contributed by atoms with Gasteiger partial charge in [0.25, 0.3) is 0 Å². The molecule has 0 spiro atoms. The van der Waals surface area contributed by atoms with E-state index in [1.807, 2.05) is 0 Å². The van der Waals surface area contributed by atoms with Crippen LogP contribution in [0.15, 0.2) is 0 Å². The van der Waals surface area contributed by atoms with Crippen LogP contribution in [0.5, 0.6) is 0 Å². The average Bonchev–Trinajstić information content (AvgIpc) is 2.13. The van der Waals surface area contributed by atoms with Crippen molar-refractivity contribution in [1.82, 2.24) is 0 Å². The number of carbonyl (C=O) groups excluding carboxylic acids is 2. The molecule has 3 nitrogen and oxygen atoms in total. The highest BCUT2D eigenvalue weighted by Gasteiger charge is 2.42. The third kappa shape index (κ3) is 3.11. The predicted octanol–water partition coefficient (Wildman–Crippen LogP) is 1.73. The summed E-state index contributed by atoms with van der Waals surface area (Å²) in [6.45, 7) is 1.28. The van der Waals surface area contributed by atoms with Gasteiger partial charge in [0.15, 0.2) is 10.7 Å². The van der Waals surface area contributed by atoms with Crippen molar-refractivity contribution in [2.24, 2.45) is 0 Å². The number of rotatable bonds is 4. The molecule has 0 aromatic carbocycles. The number of halogens is 3. The van der Waals surface area contributed by atoms with Gasteiger partial charge in [-0.1, -0.05) is 27.5 Å².